The van der Waals surface area contributed by atoms with Crippen molar-refractivity contribution in [2.24, 2.45) is 7.05 Å². The van der Waals surface area contributed by atoms with E-state index in [-0.39, 0.29) is 11.5 Å². The maximum absolute atomic E-state index is 12.4. The first-order valence-corrected chi connectivity index (χ1v) is 11.1. The molecule has 190 valence electrons. The highest BCUT2D eigenvalue weighted by atomic mass is 79.9. The monoisotopic (exact) mass is 568 g/mol. The number of carbonyl (C=O) groups excluding carboxylic acids is 1. The van der Waals surface area contributed by atoms with Crippen LogP contribution in [0.4, 0.5) is 42.0 Å². The lowest BCUT2D eigenvalue weighted by Gasteiger charge is -2.18. The van der Waals surface area contributed by atoms with E-state index in [1.165, 1.54) is 0 Å². The van der Waals surface area contributed by atoms with E-state index in [2.05, 4.69) is 41.8 Å². The van der Waals surface area contributed by atoms with E-state index in [0.29, 0.717) is 34.8 Å². The fourth-order valence-corrected chi connectivity index (χ4v) is 3.35. The second kappa shape index (κ2) is 10.8. The Morgan fingerprint density at radius 3 is 2.53 bits per heavy atom. The molecule has 0 atom stereocenters. The number of amides is 1. The van der Waals surface area contributed by atoms with Gasteiger partial charge in [-0.05, 0) is 65.2 Å². The summed E-state index contributed by atoms with van der Waals surface area (Å²) in [7, 11) is 1.73. The first kappa shape index (κ1) is 26.7. The van der Waals surface area contributed by atoms with Crippen molar-refractivity contribution in [1.82, 2.24) is 14.5 Å². The Morgan fingerprint density at radius 2 is 1.86 bits per heavy atom. The normalized spacial score (nSPS) is 12.6. The summed E-state index contributed by atoms with van der Waals surface area (Å²) in [6.07, 6.45) is -2.29. The highest BCUT2D eigenvalue weighted by Gasteiger charge is 2.38. The van der Waals surface area contributed by atoms with Crippen LogP contribution in [0.1, 0.15) is 17.7 Å². The summed E-state index contributed by atoms with van der Waals surface area (Å²) < 4.78 is 33.9. The molecule has 0 saturated heterocycles. The average molecular weight is 569 g/mol. The number of fused-ring (bicyclic) bond motifs is 1. The van der Waals surface area contributed by atoms with Gasteiger partial charge in [0.1, 0.15) is 5.69 Å². The molecule has 0 aliphatic carbocycles. The van der Waals surface area contributed by atoms with Crippen molar-refractivity contribution in [3.05, 3.63) is 62.6 Å². The molecule has 1 aromatic carbocycles. The number of alkyl halides is 3. The molecule has 0 unspecified atom stereocenters. The number of hydrogen-bond donors (Lipinski definition) is 4. The van der Waals surface area contributed by atoms with Crippen molar-refractivity contribution < 1.29 is 27.9 Å². The summed E-state index contributed by atoms with van der Waals surface area (Å²) in [5, 5.41) is 16.2. The maximum atomic E-state index is 12.4. The number of carbonyl (C=O) groups is 2. The molecule has 1 amide bonds. The second-order valence-corrected chi connectivity index (χ2v) is 8.47. The average Bonchev–Trinajstić information content (AvgIpc) is 2.81. The fourth-order valence-electron chi connectivity index (χ4n) is 3.06. The van der Waals surface area contributed by atoms with Gasteiger partial charge < -0.3 is 25.6 Å². The van der Waals surface area contributed by atoms with Crippen molar-refractivity contribution in [2.75, 3.05) is 16.0 Å². The van der Waals surface area contributed by atoms with E-state index < -0.39 is 12.1 Å². The number of nitrogens with one attached hydrogen (secondary N) is 3. The number of hydrogen-bond acceptors (Lipinski definition) is 7. The summed E-state index contributed by atoms with van der Waals surface area (Å²) in [6.45, 7) is 1.87. The molecule has 1 aliphatic rings. The quantitative estimate of drug-likeness (QED) is 0.366. The molecule has 0 spiro atoms. The van der Waals surface area contributed by atoms with E-state index in [4.69, 9.17) is 9.90 Å². The van der Waals surface area contributed by atoms with Gasteiger partial charge in [-0.3, -0.25) is 9.59 Å². The molecular formula is C22H20BrF3N6O4. The molecule has 2 aromatic heterocycles. The Morgan fingerprint density at radius 1 is 1.17 bits per heavy atom. The van der Waals surface area contributed by atoms with Crippen LogP contribution in [0, 0.1) is 6.92 Å². The van der Waals surface area contributed by atoms with Gasteiger partial charge in [0.2, 0.25) is 11.9 Å². The zero-order chi connectivity index (χ0) is 26.6. The number of benzene rings is 1. The minimum absolute atomic E-state index is 0.0346. The minimum Gasteiger partial charge on any atom is -0.475 e. The first-order valence-electron chi connectivity index (χ1n) is 10.3. The zero-order valence-corrected chi connectivity index (χ0v) is 20.5. The van der Waals surface area contributed by atoms with Gasteiger partial charge in [-0.25, -0.2) is 9.78 Å². The van der Waals surface area contributed by atoms with Crippen LogP contribution >= 0.6 is 15.9 Å². The topological polar surface area (TPSA) is 138 Å². The van der Waals surface area contributed by atoms with E-state index in [0.717, 1.165) is 22.6 Å². The number of carboxylic acids is 1. The van der Waals surface area contributed by atoms with Gasteiger partial charge in [0.05, 0.1) is 4.47 Å². The summed E-state index contributed by atoms with van der Waals surface area (Å²) in [4.78, 5) is 41.6. The molecule has 4 rings (SSSR count). The Kier molecular flexibility index (Phi) is 7.97. The highest BCUT2D eigenvalue weighted by molar-refractivity contribution is 9.10. The molecule has 3 aromatic rings. The number of aryl methyl sites for hydroxylation is 2. The molecule has 0 radical (unpaired) electrons. The largest absolute Gasteiger partial charge is 0.490 e. The van der Waals surface area contributed by atoms with Crippen LogP contribution in [-0.2, 0) is 23.1 Å². The Hall–Kier alpha value is -3.94. The van der Waals surface area contributed by atoms with Gasteiger partial charge >= 0.3 is 12.1 Å². The molecule has 0 fully saturated rings. The summed E-state index contributed by atoms with van der Waals surface area (Å²) in [6, 6.07) is 9.30. The third kappa shape index (κ3) is 6.59. The van der Waals surface area contributed by atoms with Crippen LogP contribution in [0.3, 0.4) is 0 Å². The molecule has 3 heterocycles. The van der Waals surface area contributed by atoms with Gasteiger partial charge in [0.15, 0.2) is 5.82 Å². The Balaban J connectivity index is 0.000000454. The maximum Gasteiger partial charge on any atom is 0.490 e. The van der Waals surface area contributed by atoms with E-state index in [1.54, 1.807) is 23.9 Å². The molecule has 10 nitrogen and oxygen atoms in total. The Labute approximate surface area is 210 Å². The van der Waals surface area contributed by atoms with Gasteiger partial charge in [0, 0.05) is 36.7 Å². The third-order valence-electron chi connectivity index (χ3n) is 5.05. The van der Waals surface area contributed by atoms with Crippen LogP contribution < -0.4 is 21.5 Å². The summed E-state index contributed by atoms with van der Waals surface area (Å²) in [5.74, 6) is -1.85. The van der Waals surface area contributed by atoms with Crippen molar-refractivity contribution in [2.45, 2.75) is 25.9 Å². The van der Waals surface area contributed by atoms with Gasteiger partial charge in [-0.1, -0.05) is 0 Å². The lowest BCUT2D eigenvalue weighted by Crippen LogP contribution is -2.21. The van der Waals surface area contributed by atoms with Crippen molar-refractivity contribution >= 4 is 56.6 Å². The number of aromatic nitrogens is 3. The molecule has 1 aliphatic heterocycles. The van der Waals surface area contributed by atoms with Crippen molar-refractivity contribution in [3.8, 4) is 0 Å². The second-order valence-electron chi connectivity index (χ2n) is 7.62. The van der Waals surface area contributed by atoms with Gasteiger partial charge in [-0.2, -0.15) is 18.2 Å². The van der Waals surface area contributed by atoms with E-state index >= 15 is 0 Å². The molecule has 4 N–H and O–H groups in total. The molecular weight excluding hydrogens is 549 g/mol. The first-order chi connectivity index (χ1) is 16.8. The smallest absolute Gasteiger partial charge is 0.475 e. The lowest BCUT2D eigenvalue weighted by molar-refractivity contribution is -0.192. The number of aliphatic carboxylic acids is 1. The Bertz CT molecular complexity index is 1380. The lowest BCUT2D eigenvalue weighted by atomic mass is 10.0. The molecule has 0 bridgehead atoms. The van der Waals surface area contributed by atoms with Crippen molar-refractivity contribution in [3.63, 3.8) is 0 Å². The number of anilines is 5. The van der Waals surface area contributed by atoms with Crippen LogP contribution in [0.15, 0.2) is 45.8 Å². The number of rotatable bonds is 4. The summed E-state index contributed by atoms with van der Waals surface area (Å²) in [5.41, 5.74) is 3.87. The SMILES string of the molecule is Cc1ccc(Nc2nc(Nc3ccc4c(c3)CCC(=O)N4)ncc2Br)c(=O)n1C.O=C(O)C(F)(F)F. The molecule has 0 saturated carbocycles. The zero-order valence-electron chi connectivity index (χ0n) is 18.9. The molecule has 14 heteroatoms. The van der Waals surface area contributed by atoms with Crippen molar-refractivity contribution in [1.29, 1.82) is 0 Å². The highest BCUT2D eigenvalue weighted by Crippen LogP contribution is 2.28. The number of carboxylic acid groups (broad SMARTS) is 1. The molecule has 36 heavy (non-hydrogen) atoms. The number of nitrogens with zero attached hydrogens (tertiary/aromatic N) is 3. The summed E-state index contributed by atoms with van der Waals surface area (Å²) >= 11 is 3.42. The predicted octanol–water partition coefficient (Wildman–Crippen LogP) is 4.25. The van der Waals surface area contributed by atoms with Crippen LogP contribution in [0.5, 0.6) is 0 Å². The number of halogens is 4. The van der Waals surface area contributed by atoms with Crippen LogP contribution in [0.2, 0.25) is 0 Å². The third-order valence-corrected chi connectivity index (χ3v) is 5.63. The number of pyridine rings is 1. The fraction of sp³-hybridized carbons (Fsp3) is 0.227. The van der Waals surface area contributed by atoms with E-state index in [1.807, 2.05) is 31.2 Å². The predicted molar refractivity (Wildman–Crippen MR) is 130 cm³/mol. The van der Waals surface area contributed by atoms with E-state index in [9.17, 15) is 22.8 Å². The standard InChI is InChI=1S/C20H19BrN6O2.C2HF3O2/c1-11-3-6-16(19(29)27(11)2)25-18-14(21)10-22-20(26-18)23-13-5-7-15-12(9-13)4-8-17(28)24-15;3-2(4,5)1(6)7/h3,5-7,9-10H,4,8H2,1-2H3,(H,24,28)(H2,22,23,25,26);(H,6,7). The minimum atomic E-state index is -5.08. The van der Waals surface area contributed by atoms with Crippen LogP contribution in [-0.4, -0.2) is 37.7 Å². The van der Waals surface area contributed by atoms with Gasteiger partial charge in [-0.15, -0.1) is 0 Å². The van der Waals surface area contributed by atoms with Gasteiger partial charge in [0.25, 0.3) is 5.56 Å². The van der Waals surface area contributed by atoms with Crippen LogP contribution in [0.25, 0.3) is 0 Å².